The Morgan fingerprint density at radius 1 is 0.863 bits per heavy atom. The molecule has 0 aliphatic rings. The monoisotopic (exact) mass is 706 g/mol. The van der Waals surface area contributed by atoms with E-state index in [4.69, 9.17) is 14.5 Å². The summed E-state index contributed by atoms with van der Waals surface area (Å²) in [6.45, 7) is 12.4. The maximum Gasteiger partial charge on any atom is 0.307 e. The molecule has 0 unspecified atom stereocenters. The van der Waals surface area contributed by atoms with Gasteiger partial charge in [-0.1, -0.05) is 65.0 Å². The number of amides is 1. The molecule has 0 spiro atoms. The van der Waals surface area contributed by atoms with Gasteiger partial charge < -0.3 is 29.6 Å². The molecule has 51 heavy (non-hydrogen) atoms. The largest absolute Gasteiger partial charge is 0.507 e. The van der Waals surface area contributed by atoms with E-state index in [0.717, 1.165) is 44.9 Å². The predicted octanol–water partition coefficient (Wildman–Crippen LogP) is 8.54. The Labute approximate surface area is 300 Å². The maximum atomic E-state index is 13.4. The molecule has 0 saturated heterocycles. The Hall–Kier alpha value is -5.55. The molecule has 11 heteroatoms. The van der Waals surface area contributed by atoms with E-state index in [-0.39, 0.29) is 39.8 Å². The number of carbonyl (C=O) groups is 1. The van der Waals surface area contributed by atoms with E-state index in [0.29, 0.717) is 39.8 Å². The summed E-state index contributed by atoms with van der Waals surface area (Å²) in [5.74, 6) is 2.55. The van der Waals surface area contributed by atoms with Crippen LogP contribution in [0, 0.1) is 0 Å². The number of fused-ring (bicyclic) bond motifs is 1. The van der Waals surface area contributed by atoms with Gasteiger partial charge in [0.15, 0.2) is 0 Å². The fraction of sp³-hybridized carbons (Fsp3) is 0.275. The zero-order valence-corrected chi connectivity index (χ0v) is 30.6. The molecule has 2 heterocycles. The maximum absolute atomic E-state index is 13.4. The second-order valence-electron chi connectivity index (χ2n) is 14.6. The van der Waals surface area contributed by atoms with Crippen molar-refractivity contribution in [3.05, 3.63) is 121 Å². The van der Waals surface area contributed by atoms with Crippen LogP contribution in [-0.2, 0) is 30.9 Å². The molecule has 264 valence electrons. The van der Waals surface area contributed by atoms with E-state index in [2.05, 4.69) is 10.3 Å². The van der Waals surface area contributed by atoms with Crippen molar-refractivity contribution in [2.45, 2.75) is 65.4 Å². The Kier molecular flexibility index (Phi) is 9.43. The first-order valence-corrected chi connectivity index (χ1v) is 17.4. The highest BCUT2D eigenvalue weighted by molar-refractivity contribution is 7.09. The average molecular weight is 707 g/mol. The lowest BCUT2D eigenvalue weighted by molar-refractivity contribution is 0.102. The highest BCUT2D eigenvalue weighted by Crippen LogP contribution is 2.40. The highest BCUT2D eigenvalue weighted by atomic mass is 32.1. The Morgan fingerprint density at radius 3 is 2.06 bits per heavy atom. The van der Waals surface area contributed by atoms with E-state index >= 15 is 0 Å². The number of aryl methyl sites for hydroxylation is 1. The lowest BCUT2D eigenvalue weighted by Gasteiger charge is -2.28. The summed E-state index contributed by atoms with van der Waals surface area (Å²) in [6.07, 6.45) is 0.448. The Balaban J connectivity index is 1.09. The van der Waals surface area contributed by atoms with E-state index in [1.807, 2.05) is 95.6 Å². The van der Waals surface area contributed by atoms with Crippen LogP contribution in [0.1, 0.15) is 79.3 Å². The molecule has 0 fully saturated rings. The summed E-state index contributed by atoms with van der Waals surface area (Å²) in [6, 6.07) is 23.9. The van der Waals surface area contributed by atoms with Crippen LogP contribution in [-0.4, -0.2) is 30.7 Å². The van der Waals surface area contributed by atoms with Crippen LogP contribution in [0.25, 0.3) is 11.0 Å². The van der Waals surface area contributed by atoms with Crippen molar-refractivity contribution >= 4 is 34.0 Å². The molecule has 0 radical (unpaired) electrons. The number of ether oxygens (including phenoxy) is 2. The fourth-order valence-corrected chi connectivity index (χ4v) is 6.53. The molecular weight excluding hydrogens is 665 g/mol. The van der Waals surface area contributed by atoms with Crippen LogP contribution >= 0.6 is 11.3 Å². The van der Waals surface area contributed by atoms with Gasteiger partial charge in [0.05, 0.1) is 15.9 Å². The molecular formula is C40H42N4O6S. The third-order valence-corrected chi connectivity index (χ3v) is 9.51. The lowest BCUT2D eigenvalue weighted by Crippen LogP contribution is -2.20. The van der Waals surface area contributed by atoms with Crippen molar-refractivity contribution in [2.75, 3.05) is 5.32 Å². The molecule has 2 aromatic heterocycles. The minimum atomic E-state index is -0.344. The molecule has 6 aromatic rings. The van der Waals surface area contributed by atoms with Crippen molar-refractivity contribution in [1.29, 1.82) is 0 Å². The summed E-state index contributed by atoms with van der Waals surface area (Å²) in [5, 5.41) is 23.9. The molecule has 0 saturated carbocycles. The Morgan fingerprint density at radius 2 is 1.47 bits per heavy atom. The molecule has 1 amide bonds. The first-order valence-electron chi connectivity index (χ1n) is 16.6. The van der Waals surface area contributed by atoms with Crippen LogP contribution in [0.3, 0.4) is 0 Å². The molecule has 6 rings (SSSR count). The van der Waals surface area contributed by atoms with Crippen LogP contribution < -0.4 is 19.7 Å². The molecule has 10 nitrogen and oxygen atoms in total. The van der Waals surface area contributed by atoms with Gasteiger partial charge in [-0.3, -0.25) is 14.6 Å². The third-order valence-electron chi connectivity index (χ3n) is 8.64. The number of phenolic OH excluding ortho intramolecular Hbond substituents is 1. The SMILES string of the molecule is Cn1c(COc2ccc(Cc3sc(=O)[nH]c3O)cc2)nc2ccc(Oc3ccc(NC(=O)c4cc(C(C)(C)C)c(O)c(C(C)(C)C)c4)cc3)cc21. The number of aromatic nitrogens is 3. The van der Waals surface area contributed by atoms with Crippen molar-refractivity contribution in [3.63, 3.8) is 0 Å². The number of aromatic amines is 1. The summed E-state index contributed by atoms with van der Waals surface area (Å²) in [7, 11) is 1.93. The molecule has 0 aliphatic heterocycles. The van der Waals surface area contributed by atoms with Crippen molar-refractivity contribution in [1.82, 2.24) is 14.5 Å². The molecule has 0 aliphatic carbocycles. The molecule has 4 N–H and O–H groups in total. The molecule has 0 atom stereocenters. The number of hydrogen-bond acceptors (Lipinski definition) is 8. The van der Waals surface area contributed by atoms with Gasteiger partial charge in [-0.25, -0.2) is 4.98 Å². The van der Waals surface area contributed by atoms with Crippen molar-refractivity contribution in [3.8, 4) is 28.9 Å². The van der Waals surface area contributed by atoms with Crippen molar-refractivity contribution < 1.29 is 24.5 Å². The summed E-state index contributed by atoms with van der Waals surface area (Å²) >= 11 is 0.997. The zero-order valence-electron chi connectivity index (χ0n) is 29.7. The molecule has 4 aromatic carbocycles. The standard InChI is InChI=1S/C40H42N4O6S/c1-39(2,3)29-19-24(20-30(35(29)45)40(4,5)6)36(46)41-25-10-14-27(15-11-25)50-28-16-17-31-32(21-28)44(7)34(42-31)22-49-26-12-8-23(9-13-26)18-33-37(47)43-38(48)51-33/h8-17,19-21,45,47H,18,22H2,1-7H3,(H,41,46)(H,43,48). The number of H-pyrrole nitrogens is 1. The van der Waals surface area contributed by atoms with E-state index < -0.39 is 0 Å². The number of rotatable bonds is 9. The normalized spacial score (nSPS) is 11.9. The first-order chi connectivity index (χ1) is 24.0. The number of carbonyl (C=O) groups excluding carboxylic acids is 1. The minimum absolute atomic E-state index is 0.0868. The number of benzene rings is 4. The number of aromatic hydroxyl groups is 2. The van der Waals surface area contributed by atoms with Crippen LogP contribution in [0.5, 0.6) is 28.9 Å². The number of thiazole rings is 1. The van der Waals surface area contributed by atoms with E-state index in [1.165, 1.54) is 0 Å². The average Bonchev–Trinajstić information content (AvgIpc) is 3.56. The van der Waals surface area contributed by atoms with Gasteiger partial charge in [0, 0.05) is 41.9 Å². The quantitative estimate of drug-likeness (QED) is 0.118. The predicted molar refractivity (Wildman–Crippen MR) is 201 cm³/mol. The second kappa shape index (κ2) is 13.6. The zero-order chi connectivity index (χ0) is 36.7. The number of phenols is 1. The van der Waals surface area contributed by atoms with E-state index in [9.17, 15) is 19.8 Å². The van der Waals surface area contributed by atoms with E-state index in [1.54, 1.807) is 36.4 Å². The third kappa shape index (κ3) is 7.94. The van der Waals surface area contributed by atoms with Gasteiger partial charge in [0.2, 0.25) is 5.88 Å². The van der Waals surface area contributed by atoms with Gasteiger partial charge in [0.1, 0.15) is 35.4 Å². The number of imidazole rings is 1. The fourth-order valence-electron chi connectivity index (χ4n) is 5.78. The van der Waals surface area contributed by atoms with Crippen molar-refractivity contribution in [2.24, 2.45) is 7.05 Å². The van der Waals surface area contributed by atoms with Crippen LogP contribution in [0.4, 0.5) is 5.69 Å². The first kappa shape index (κ1) is 35.3. The van der Waals surface area contributed by atoms with Gasteiger partial charge in [0.25, 0.3) is 5.91 Å². The summed E-state index contributed by atoms with van der Waals surface area (Å²) in [5.41, 5.74) is 4.52. The summed E-state index contributed by atoms with van der Waals surface area (Å²) in [4.78, 5) is 32.3. The van der Waals surface area contributed by atoms with Crippen LogP contribution in [0.15, 0.2) is 83.7 Å². The second-order valence-corrected chi connectivity index (χ2v) is 15.7. The lowest BCUT2D eigenvalue weighted by atomic mass is 9.78. The van der Waals surface area contributed by atoms with Gasteiger partial charge in [-0.05, 0) is 77.1 Å². The smallest absolute Gasteiger partial charge is 0.307 e. The van der Waals surface area contributed by atoms with Gasteiger partial charge >= 0.3 is 4.87 Å². The summed E-state index contributed by atoms with van der Waals surface area (Å²) < 4.78 is 14.1. The Bertz CT molecular complexity index is 2240. The number of nitrogens with one attached hydrogen (secondary N) is 2. The number of hydrogen-bond donors (Lipinski definition) is 4. The van der Waals surface area contributed by atoms with Gasteiger partial charge in [-0.15, -0.1) is 0 Å². The molecule has 0 bridgehead atoms. The number of anilines is 1. The van der Waals surface area contributed by atoms with Gasteiger partial charge in [-0.2, -0.15) is 0 Å². The highest BCUT2D eigenvalue weighted by Gasteiger charge is 2.28. The topological polar surface area (TPSA) is 139 Å². The van der Waals surface area contributed by atoms with Crippen LogP contribution in [0.2, 0.25) is 0 Å². The number of nitrogens with zero attached hydrogens (tertiary/aromatic N) is 2. The minimum Gasteiger partial charge on any atom is -0.507 e.